The van der Waals surface area contributed by atoms with E-state index >= 15 is 0 Å². The molecule has 0 aromatic heterocycles. The second-order valence-corrected chi connectivity index (χ2v) is 7.34. The molecule has 1 N–H and O–H groups in total. The summed E-state index contributed by atoms with van der Waals surface area (Å²) in [6, 6.07) is 19.4. The first-order chi connectivity index (χ1) is 11.9. The molecule has 3 rings (SSSR count). The zero-order valence-electron chi connectivity index (χ0n) is 14.2. The van der Waals surface area contributed by atoms with Crippen LogP contribution in [-0.4, -0.2) is 36.0 Å². The molecule has 2 aromatic carbocycles. The first kappa shape index (κ1) is 17.1. The molecule has 0 amide bonds. The summed E-state index contributed by atoms with van der Waals surface area (Å²) in [7, 11) is 0. The monoisotopic (exact) mass is 338 g/mol. The topological polar surface area (TPSA) is 15.3 Å². The SMILES string of the molecule is C(=C\c1ccccc1)/CCNc1ccc(CN2CCSCC2)cc1. The highest BCUT2D eigenvalue weighted by atomic mass is 32.2. The zero-order chi connectivity index (χ0) is 16.5. The van der Waals surface area contributed by atoms with Crippen LogP contribution < -0.4 is 5.32 Å². The van der Waals surface area contributed by atoms with E-state index in [1.807, 2.05) is 6.07 Å². The quantitative estimate of drug-likeness (QED) is 0.733. The molecule has 1 aliphatic heterocycles. The lowest BCUT2D eigenvalue weighted by Crippen LogP contribution is -2.31. The molecule has 3 heteroatoms. The van der Waals surface area contributed by atoms with Gasteiger partial charge in [-0.05, 0) is 29.7 Å². The molecule has 1 aliphatic rings. The molecule has 2 nitrogen and oxygen atoms in total. The van der Waals surface area contributed by atoms with Crippen molar-refractivity contribution in [1.29, 1.82) is 0 Å². The Hall–Kier alpha value is -1.71. The van der Waals surface area contributed by atoms with Crippen LogP contribution in [0.4, 0.5) is 5.69 Å². The number of thioether (sulfide) groups is 1. The van der Waals surface area contributed by atoms with Crippen LogP contribution in [0.5, 0.6) is 0 Å². The molecule has 0 radical (unpaired) electrons. The molecular weight excluding hydrogens is 312 g/mol. The Labute approximate surface area is 150 Å². The third-order valence-corrected chi connectivity index (χ3v) is 5.16. The Morgan fingerprint density at radius 1 is 0.958 bits per heavy atom. The zero-order valence-corrected chi connectivity index (χ0v) is 15.0. The molecule has 0 saturated carbocycles. The van der Waals surface area contributed by atoms with Gasteiger partial charge in [0.2, 0.25) is 0 Å². The van der Waals surface area contributed by atoms with Crippen molar-refractivity contribution in [1.82, 2.24) is 4.90 Å². The van der Waals surface area contributed by atoms with Crippen molar-refractivity contribution in [3.05, 3.63) is 71.8 Å². The number of hydrogen-bond acceptors (Lipinski definition) is 3. The first-order valence-electron chi connectivity index (χ1n) is 8.75. The van der Waals surface area contributed by atoms with E-state index in [4.69, 9.17) is 0 Å². The van der Waals surface area contributed by atoms with Crippen LogP contribution in [0.15, 0.2) is 60.7 Å². The fourth-order valence-corrected chi connectivity index (χ4v) is 3.81. The lowest BCUT2D eigenvalue weighted by Gasteiger charge is -2.26. The Bertz CT molecular complexity index is 616. The first-order valence-corrected chi connectivity index (χ1v) is 9.90. The van der Waals surface area contributed by atoms with Crippen LogP contribution in [0.3, 0.4) is 0 Å². The number of rotatable bonds is 7. The standard InChI is InChI=1S/C21H26N2S/c1-2-6-19(7-3-1)8-4-5-13-22-21-11-9-20(10-12-21)18-23-14-16-24-17-15-23/h1-4,6-12,22H,5,13-18H2/b8-4+. The van der Waals surface area contributed by atoms with Crippen LogP contribution >= 0.6 is 11.8 Å². The normalized spacial score (nSPS) is 15.7. The summed E-state index contributed by atoms with van der Waals surface area (Å²) in [5, 5.41) is 3.49. The highest BCUT2D eigenvalue weighted by Gasteiger charge is 2.10. The summed E-state index contributed by atoms with van der Waals surface area (Å²) in [5.74, 6) is 2.55. The van der Waals surface area contributed by atoms with Crippen LogP contribution in [-0.2, 0) is 6.54 Å². The highest BCUT2D eigenvalue weighted by molar-refractivity contribution is 7.99. The predicted octanol–water partition coefficient (Wildman–Crippen LogP) is 4.75. The van der Waals surface area contributed by atoms with Crippen LogP contribution in [0.25, 0.3) is 6.08 Å². The van der Waals surface area contributed by atoms with Gasteiger partial charge in [-0.2, -0.15) is 11.8 Å². The van der Waals surface area contributed by atoms with E-state index in [0.717, 1.165) is 19.5 Å². The number of nitrogens with one attached hydrogen (secondary N) is 1. The van der Waals surface area contributed by atoms with E-state index in [1.165, 1.54) is 41.4 Å². The summed E-state index contributed by atoms with van der Waals surface area (Å²) in [5.41, 5.74) is 3.88. The molecule has 0 aliphatic carbocycles. The van der Waals surface area contributed by atoms with Gasteiger partial charge in [-0.3, -0.25) is 4.90 Å². The molecule has 2 aromatic rings. The molecule has 24 heavy (non-hydrogen) atoms. The van der Waals surface area contributed by atoms with Crippen LogP contribution in [0, 0.1) is 0 Å². The molecule has 0 spiro atoms. The molecule has 1 fully saturated rings. The average molecular weight is 339 g/mol. The molecule has 0 unspecified atom stereocenters. The molecular formula is C21H26N2S. The van der Waals surface area contributed by atoms with Crippen molar-refractivity contribution in [2.45, 2.75) is 13.0 Å². The third-order valence-electron chi connectivity index (χ3n) is 4.21. The predicted molar refractivity (Wildman–Crippen MR) is 108 cm³/mol. The third kappa shape index (κ3) is 5.73. The fraction of sp³-hybridized carbons (Fsp3) is 0.333. The van der Waals surface area contributed by atoms with Crippen molar-refractivity contribution in [3.8, 4) is 0 Å². The van der Waals surface area contributed by atoms with E-state index in [2.05, 4.69) is 82.7 Å². The molecule has 0 atom stereocenters. The largest absolute Gasteiger partial charge is 0.385 e. The number of nitrogens with zero attached hydrogens (tertiary/aromatic N) is 1. The van der Waals surface area contributed by atoms with Crippen LogP contribution in [0.1, 0.15) is 17.5 Å². The van der Waals surface area contributed by atoms with E-state index in [-0.39, 0.29) is 0 Å². The lowest BCUT2D eigenvalue weighted by atomic mass is 10.2. The van der Waals surface area contributed by atoms with Gasteiger partial charge in [0, 0.05) is 43.4 Å². The van der Waals surface area contributed by atoms with Crippen LogP contribution in [0.2, 0.25) is 0 Å². The van der Waals surface area contributed by atoms with Gasteiger partial charge in [0.15, 0.2) is 0 Å². The van der Waals surface area contributed by atoms with Gasteiger partial charge in [-0.25, -0.2) is 0 Å². The van der Waals surface area contributed by atoms with E-state index in [0.29, 0.717) is 0 Å². The summed E-state index contributed by atoms with van der Waals surface area (Å²) >= 11 is 2.07. The number of hydrogen-bond donors (Lipinski definition) is 1. The van der Waals surface area contributed by atoms with E-state index in [9.17, 15) is 0 Å². The minimum absolute atomic E-state index is 0.964. The van der Waals surface area contributed by atoms with Gasteiger partial charge in [0.25, 0.3) is 0 Å². The number of anilines is 1. The molecule has 1 saturated heterocycles. The number of benzene rings is 2. The summed E-state index contributed by atoms with van der Waals surface area (Å²) in [6.45, 7) is 4.49. The van der Waals surface area contributed by atoms with Gasteiger partial charge in [-0.1, -0.05) is 54.6 Å². The summed E-state index contributed by atoms with van der Waals surface area (Å²) in [4.78, 5) is 2.55. The van der Waals surface area contributed by atoms with Crippen molar-refractivity contribution in [2.75, 3.05) is 36.5 Å². The van der Waals surface area contributed by atoms with Gasteiger partial charge in [0.05, 0.1) is 0 Å². The van der Waals surface area contributed by atoms with Crippen molar-refractivity contribution >= 4 is 23.5 Å². The second kappa shape index (κ2) is 9.55. The van der Waals surface area contributed by atoms with E-state index < -0.39 is 0 Å². The Morgan fingerprint density at radius 2 is 1.71 bits per heavy atom. The fourth-order valence-electron chi connectivity index (χ4n) is 2.83. The van der Waals surface area contributed by atoms with E-state index in [1.54, 1.807) is 0 Å². The molecule has 0 bridgehead atoms. The minimum atomic E-state index is 0.964. The maximum absolute atomic E-state index is 3.49. The molecule has 1 heterocycles. The maximum Gasteiger partial charge on any atom is 0.0340 e. The van der Waals surface area contributed by atoms with Crippen molar-refractivity contribution in [3.63, 3.8) is 0 Å². The summed E-state index contributed by atoms with van der Waals surface area (Å²) in [6.07, 6.45) is 5.44. The summed E-state index contributed by atoms with van der Waals surface area (Å²) < 4.78 is 0. The van der Waals surface area contributed by atoms with Gasteiger partial charge < -0.3 is 5.32 Å². The lowest BCUT2D eigenvalue weighted by molar-refractivity contribution is 0.294. The smallest absolute Gasteiger partial charge is 0.0340 e. The van der Waals surface area contributed by atoms with Gasteiger partial charge in [-0.15, -0.1) is 0 Å². The second-order valence-electron chi connectivity index (χ2n) is 6.11. The minimum Gasteiger partial charge on any atom is -0.385 e. The van der Waals surface area contributed by atoms with Gasteiger partial charge >= 0.3 is 0 Å². The Morgan fingerprint density at radius 3 is 2.46 bits per heavy atom. The maximum atomic E-state index is 3.49. The Balaban J connectivity index is 1.39. The van der Waals surface area contributed by atoms with Gasteiger partial charge in [0.1, 0.15) is 0 Å². The van der Waals surface area contributed by atoms with Crippen molar-refractivity contribution in [2.24, 2.45) is 0 Å². The van der Waals surface area contributed by atoms with Crippen molar-refractivity contribution < 1.29 is 0 Å². The Kier molecular flexibility index (Phi) is 6.82. The highest BCUT2D eigenvalue weighted by Crippen LogP contribution is 2.15. The molecule has 126 valence electrons. The average Bonchev–Trinajstić information content (AvgIpc) is 2.65.